The lowest BCUT2D eigenvalue weighted by molar-refractivity contribution is -0.126. The highest BCUT2D eigenvalue weighted by molar-refractivity contribution is 5.61. The Kier molecular flexibility index (Phi) is 6.82. The Morgan fingerprint density at radius 3 is 2.28 bits per heavy atom. The van der Waals surface area contributed by atoms with E-state index in [4.69, 9.17) is 9.26 Å². The number of rotatable bonds is 8. The molecule has 2 atom stereocenters. The zero-order valence-corrected chi connectivity index (χ0v) is 18.2. The molecule has 190 valence electrons. The van der Waals surface area contributed by atoms with Gasteiger partial charge in [-0.25, -0.2) is 40.4 Å². The quantitative estimate of drug-likeness (QED) is 0.212. The third-order valence-electron chi connectivity index (χ3n) is 5.44. The Bertz CT molecular complexity index is 1370. The van der Waals surface area contributed by atoms with Crippen LogP contribution in [0.1, 0.15) is 18.2 Å². The first-order chi connectivity index (χ1) is 17.0. The number of halogens is 7. The van der Waals surface area contributed by atoms with E-state index in [1.165, 1.54) is 24.3 Å². The molecule has 0 saturated heterocycles. The smallest absolute Gasteiger partial charge is 0.200 e. The molecule has 2 aromatic carbocycles. The number of aliphatic hydroxyl groups is 1. The van der Waals surface area contributed by atoms with Crippen molar-refractivity contribution in [1.29, 1.82) is 0 Å². The largest absolute Gasteiger partial charge is 0.380 e. The molecular weight excluding hydrogens is 501 g/mol. The van der Waals surface area contributed by atoms with Crippen LogP contribution < -0.4 is 0 Å². The van der Waals surface area contributed by atoms with Crippen molar-refractivity contribution < 1.29 is 45.1 Å². The van der Waals surface area contributed by atoms with Gasteiger partial charge in [0.15, 0.2) is 29.0 Å². The topological polar surface area (TPSA) is 86.2 Å². The minimum atomic E-state index is -2.32. The highest BCUT2D eigenvalue weighted by Gasteiger charge is 2.40. The molecule has 0 spiro atoms. The number of aromatic nitrogens is 4. The van der Waals surface area contributed by atoms with Gasteiger partial charge in [-0.15, -0.1) is 0 Å². The second-order valence-electron chi connectivity index (χ2n) is 7.72. The van der Waals surface area contributed by atoms with Gasteiger partial charge < -0.3 is 14.4 Å². The molecule has 4 aromatic rings. The van der Waals surface area contributed by atoms with E-state index in [-0.39, 0.29) is 17.9 Å². The first kappa shape index (κ1) is 25.3. The fourth-order valence-corrected chi connectivity index (χ4v) is 3.51. The van der Waals surface area contributed by atoms with Gasteiger partial charge in [0.25, 0.3) is 0 Å². The molecule has 0 radical (unpaired) electrons. The van der Waals surface area contributed by atoms with Gasteiger partial charge in [-0.2, -0.15) is 5.10 Å². The predicted octanol–water partition coefficient (Wildman–Crippen LogP) is 4.40. The van der Waals surface area contributed by atoms with Crippen LogP contribution in [-0.2, 0) is 23.5 Å². The lowest BCUT2D eigenvalue weighted by Gasteiger charge is -2.34. The SMILES string of the molecule is CC(OCc1cc(-c2c(F)c(F)c(F)c(F)c2F)no1)C(O)(Cn1cncn1)c1ccc(F)cc1F. The Morgan fingerprint density at radius 2 is 1.67 bits per heavy atom. The van der Waals surface area contributed by atoms with Crippen molar-refractivity contribution in [3.63, 3.8) is 0 Å². The molecule has 2 unspecified atom stereocenters. The standard InChI is InChI=1S/C22H15F7N4O3/c1-10(22(34,7-33-9-30-8-31-33)13-3-2-11(23)4-14(13)24)35-6-12-5-15(32-36-12)16-17(25)19(27)21(29)20(28)18(16)26/h2-5,8-10,34H,6-7H2,1H3. The van der Waals surface area contributed by atoms with Crippen molar-refractivity contribution in [3.8, 4) is 11.3 Å². The Labute approximate surface area is 197 Å². The zero-order valence-electron chi connectivity index (χ0n) is 18.2. The molecule has 7 nitrogen and oxygen atoms in total. The van der Waals surface area contributed by atoms with Crippen LogP contribution >= 0.6 is 0 Å². The van der Waals surface area contributed by atoms with Crippen molar-refractivity contribution >= 4 is 0 Å². The van der Waals surface area contributed by atoms with E-state index in [9.17, 15) is 35.8 Å². The van der Waals surface area contributed by atoms with Crippen LogP contribution in [0.15, 0.2) is 41.4 Å². The molecule has 0 amide bonds. The second kappa shape index (κ2) is 9.70. The van der Waals surface area contributed by atoms with Gasteiger partial charge in [0.1, 0.15) is 42.2 Å². The molecule has 36 heavy (non-hydrogen) atoms. The molecule has 2 aromatic heterocycles. The molecular formula is C22H15F7N4O3. The summed E-state index contributed by atoms with van der Waals surface area (Å²) in [7, 11) is 0. The molecule has 14 heteroatoms. The molecule has 0 aliphatic heterocycles. The van der Waals surface area contributed by atoms with Crippen molar-refractivity contribution in [1.82, 2.24) is 19.9 Å². The molecule has 0 aliphatic carbocycles. The van der Waals surface area contributed by atoms with Crippen molar-refractivity contribution in [3.05, 3.63) is 89.0 Å². The molecule has 1 N–H and O–H groups in total. The fraction of sp³-hybridized carbons (Fsp3) is 0.227. The Balaban J connectivity index is 1.59. The van der Waals surface area contributed by atoms with E-state index >= 15 is 0 Å². The summed E-state index contributed by atoms with van der Waals surface area (Å²) < 4.78 is 108. The first-order valence-corrected chi connectivity index (χ1v) is 10.1. The zero-order chi connectivity index (χ0) is 26.2. The number of ether oxygens (including phenoxy) is 1. The summed E-state index contributed by atoms with van der Waals surface area (Å²) in [6.07, 6.45) is 1.17. The number of benzene rings is 2. The van der Waals surface area contributed by atoms with Gasteiger partial charge in [0, 0.05) is 17.7 Å². The van der Waals surface area contributed by atoms with Crippen LogP contribution in [-0.4, -0.2) is 31.1 Å². The maximum atomic E-state index is 14.6. The van der Waals surface area contributed by atoms with Crippen LogP contribution in [0.2, 0.25) is 0 Å². The molecule has 0 saturated carbocycles. The second-order valence-corrected chi connectivity index (χ2v) is 7.72. The van der Waals surface area contributed by atoms with E-state index < -0.39 is 70.3 Å². The molecule has 4 rings (SSSR count). The average Bonchev–Trinajstić information content (AvgIpc) is 3.52. The van der Waals surface area contributed by atoms with E-state index in [0.29, 0.717) is 6.07 Å². The van der Waals surface area contributed by atoms with Gasteiger partial charge in [0.05, 0.1) is 18.2 Å². The van der Waals surface area contributed by atoms with E-state index in [1.54, 1.807) is 0 Å². The maximum absolute atomic E-state index is 14.6. The fourth-order valence-electron chi connectivity index (χ4n) is 3.51. The van der Waals surface area contributed by atoms with E-state index in [0.717, 1.165) is 18.2 Å². The third-order valence-corrected chi connectivity index (χ3v) is 5.44. The lowest BCUT2D eigenvalue weighted by atomic mass is 9.88. The predicted molar refractivity (Wildman–Crippen MR) is 106 cm³/mol. The minimum Gasteiger partial charge on any atom is -0.380 e. The Morgan fingerprint density at radius 1 is 1.00 bits per heavy atom. The third kappa shape index (κ3) is 4.56. The number of hydrogen-bond acceptors (Lipinski definition) is 6. The average molecular weight is 516 g/mol. The summed E-state index contributed by atoms with van der Waals surface area (Å²) in [6.45, 7) is 0.454. The summed E-state index contributed by atoms with van der Waals surface area (Å²) in [6, 6.07) is 3.41. The van der Waals surface area contributed by atoms with Gasteiger partial charge >= 0.3 is 0 Å². The normalized spacial score (nSPS) is 14.1. The van der Waals surface area contributed by atoms with Crippen LogP contribution in [0, 0.1) is 40.7 Å². The molecule has 0 fully saturated rings. The first-order valence-electron chi connectivity index (χ1n) is 10.1. The van der Waals surface area contributed by atoms with Crippen molar-refractivity contribution in [2.24, 2.45) is 0 Å². The van der Waals surface area contributed by atoms with E-state index in [2.05, 4.69) is 15.2 Å². The summed E-state index contributed by atoms with van der Waals surface area (Å²) in [5, 5.41) is 18.6. The number of nitrogens with zero attached hydrogens (tertiary/aromatic N) is 4. The molecule has 0 aliphatic rings. The van der Waals surface area contributed by atoms with Gasteiger partial charge in [0.2, 0.25) is 5.82 Å². The Hall–Kier alpha value is -3.78. The highest BCUT2D eigenvalue weighted by Crippen LogP contribution is 2.34. The summed E-state index contributed by atoms with van der Waals surface area (Å²) in [5.74, 6) is -13.0. The summed E-state index contributed by atoms with van der Waals surface area (Å²) in [4.78, 5) is 3.74. The molecule has 2 heterocycles. The monoisotopic (exact) mass is 516 g/mol. The van der Waals surface area contributed by atoms with Gasteiger partial charge in [-0.1, -0.05) is 11.2 Å². The highest BCUT2D eigenvalue weighted by atomic mass is 19.2. The summed E-state index contributed by atoms with van der Waals surface area (Å²) >= 11 is 0. The lowest BCUT2D eigenvalue weighted by Crippen LogP contribution is -2.44. The van der Waals surface area contributed by atoms with Gasteiger partial charge in [-0.05, 0) is 13.0 Å². The minimum absolute atomic E-state index is 0.219. The van der Waals surface area contributed by atoms with Crippen LogP contribution in [0.5, 0.6) is 0 Å². The van der Waals surface area contributed by atoms with Crippen LogP contribution in [0.3, 0.4) is 0 Å². The van der Waals surface area contributed by atoms with Crippen molar-refractivity contribution in [2.75, 3.05) is 0 Å². The van der Waals surface area contributed by atoms with Gasteiger partial charge in [-0.3, -0.25) is 0 Å². The van der Waals surface area contributed by atoms with E-state index in [1.807, 2.05) is 0 Å². The molecule has 0 bridgehead atoms. The summed E-state index contributed by atoms with van der Waals surface area (Å²) in [5.41, 5.74) is -4.45. The van der Waals surface area contributed by atoms with Crippen LogP contribution in [0.4, 0.5) is 30.7 Å². The van der Waals surface area contributed by atoms with Crippen molar-refractivity contribution in [2.45, 2.75) is 31.8 Å². The van der Waals surface area contributed by atoms with Crippen LogP contribution in [0.25, 0.3) is 11.3 Å². The maximum Gasteiger partial charge on any atom is 0.200 e. The number of hydrogen-bond donors (Lipinski definition) is 1.